The van der Waals surface area contributed by atoms with Crippen molar-refractivity contribution in [1.29, 1.82) is 0 Å². The second kappa shape index (κ2) is 4.04. The van der Waals surface area contributed by atoms with Crippen LogP contribution in [-0.4, -0.2) is 37.1 Å². The second-order valence-corrected chi connectivity index (χ2v) is 4.27. The predicted octanol–water partition coefficient (Wildman–Crippen LogP) is 1.94. The zero-order valence-electron chi connectivity index (χ0n) is 10.4. The molecule has 2 aliphatic heterocycles. The van der Waals surface area contributed by atoms with Gasteiger partial charge >= 0.3 is 0 Å². The number of hydrogen-bond donors (Lipinski definition) is 0. The van der Waals surface area contributed by atoms with Crippen LogP contribution < -0.4 is 9.91 Å². The van der Waals surface area contributed by atoms with E-state index in [1.165, 1.54) is 11.4 Å². The molecule has 1 aromatic rings. The number of rotatable bonds is 3. The summed E-state index contributed by atoms with van der Waals surface area (Å²) in [6.45, 7) is 8.27. The minimum absolute atomic E-state index is 0.904. The summed E-state index contributed by atoms with van der Waals surface area (Å²) in [4.78, 5) is 6.95. The van der Waals surface area contributed by atoms with Gasteiger partial charge in [-0.2, -0.15) is 0 Å². The van der Waals surface area contributed by atoms with E-state index in [2.05, 4.69) is 58.0 Å². The first-order valence-corrected chi connectivity index (χ1v) is 6.32. The van der Waals surface area contributed by atoms with E-state index in [-0.39, 0.29) is 0 Å². The summed E-state index contributed by atoms with van der Waals surface area (Å²) in [6.07, 6.45) is 0. The van der Waals surface area contributed by atoms with Crippen molar-refractivity contribution < 1.29 is 0 Å². The minimum Gasteiger partial charge on any atom is -0.307 e. The third kappa shape index (κ3) is 1.44. The Balaban J connectivity index is 2.08. The van der Waals surface area contributed by atoms with Gasteiger partial charge < -0.3 is 4.90 Å². The van der Waals surface area contributed by atoms with Gasteiger partial charge in [0.25, 0.3) is 0 Å². The van der Waals surface area contributed by atoms with Crippen LogP contribution in [0, 0.1) is 0 Å². The third-order valence-electron chi connectivity index (χ3n) is 3.42. The van der Waals surface area contributed by atoms with E-state index < -0.39 is 0 Å². The average Bonchev–Trinajstić information content (AvgIpc) is 2.93. The fraction of sp³-hybridized carbons (Fsp3) is 0.462. The Morgan fingerprint density at radius 1 is 1.18 bits per heavy atom. The number of anilines is 2. The van der Waals surface area contributed by atoms with Crippen molar-refractivity contribution in [3.63, 3.8) is 0 Å². The van der Waals surface area contributed by atoms with Crippen molar-refractivity contribution in [2.45, 2.75) is 13.8 Å². The first-order valence-electron chi connectivity index (χ1n) is 6.32. The summed E-state index contributed by atoms with van der Waals surface area (Å²) in [5, 5.41) is 4.59. The fourth-order valence-corrected chi connectivity index (χ4v) is 2.61. The molecule has 0 bridgehead atoms. The van der Waals surface area contributed by atoms with Gasteiger partial charge in [-0.3, -0.25) is 0 Å². The number of benzene rings is 1. The molecule has 4 nitrogen and oxygen atoms in total. The Labute approximate surface area is 102 Å². The van der Waals surface area contributed by atoms with E-state index in [1.54, 1.807) is 0 Å². The number of aliphatic imine (C=N–C) groups is 1. The maximum Gasteiger partial charge on any atom is 0.221 e. The van der Waals surface area contributed by atoms with Crippen LogP contribution in [0.1, 0.15) is 13.8 Å². The van der Waals surface area contributed by atoms with Crippen molar-refractivity contribution in [2.24, 2.45) is 4.99 Å². The molecule has 4 heteroatoms. The summed E-state index contributed by atoms with van der Waals surface area (Å²) < 4.78 is 0. The lowest BCUT2D eigenvalue weighted by atomic mass is 10.2. The maximum atomic E-state index is 4.64. The highest BCUT2D eigenvalue weighted by Crippen LogP contribution is 2.39. The van der Waals surface area contributed by atoms with E-state index in [1.807, 2.05) is 0 Å². The van der Waals surface area contributed by atoms with Gasteiger partial charge in [0.1, 0.15) is 0 Å². The SMILES string of the molecule is CCN(CC)N1C2=NCCN2c2ccccc21. The molecule has 0 saturated heterocycles. The molecule has 17 heavy (non-hydrogen) atoms. The van der Waals surface area contributed by atoms with Gasteiger partial charge in [-0.25, -0.2) is 15.0 Å². The lowest BCUT2D eigenvalue weighted by molar-refractivity contribution is 0.318. The van der Waals surface area contributed by atoms with Gasteiger partial charge in [0, 0.05) is 19.6 Å². The molecule has 0 aliphatic carbocycles. The number of para-hydroxylation sites is 2. The van der Waals surface area contributed by atoms with E-state index in [4.69, 9.17) is 0 Å². The fourth-order valence-electron chi connectivity index (χ4n) is 2.61. The lowest BCUT2D eigenvalue weighted by Crippen LogP contribution is -2.47. The lowest BCUT2D eigenvalue weighted by Gasteiger charge is -2.31. The second-order valence-electron chi connectivity index (χ2n) is 4.27. The van der Waals surface area contributed by atoms with E-state index in [0.717, 1.165) is 32.1 Å². The zero-order valence-corrected chi connectivity index (χ0v) is 10.4. The number of fused-ring (bicyclic) bond motifs is 3. The van der Waals surface area contributed by atoms with Crippen LogP contribution in [0.2, 0.25) is 0 Å². The first kappa shape index (κ1) is 10.6. The number of hydrogen-bond acceptors (Lipinski definition) is 4. The van der Waals surface area contributed by atoms with Gasteiger partial charge in [0.2, 0.25) is 5.96 Å². The van der Waals surface area contributed by atoms with E-state index >= 15 is 0 Å². The van der Waals surface area contributed by atoms with Crippen LogP contribution in [0.5, 0.6) is 0 Å². The van der Waals surface area contributed by atoms with E-state index in [9.17, 15) is 0 Å². The van der Waals surface area contributed by atoms with Crippen molar-refractivity contribution in [3.8, 4) is 0 Å². The monoisotopic (exact) mass is 230 g/mol. The number of nitrogens with zero attached hydrogens (tertiary/aromatic N) is 4. The molecule has 2 aliphatic rings. The van der Waals surface area contributed by atoms with Crippen molar-refractivity contribution in [1.82, 2.24) is 5.01 Å². The van der Waals surface area contributed by atoms with Gasteiger partial charge in [-0.05, 0) is 12.1 Å². The Kier molecular flexibility index (Phi) is 2.52. The quantitative estimate of drug-likeness (QED) is 0.792. The summed E-state index contributed by atoms with van der Waals surface area (Å²) in [5.41, 5.74) is 2.55. The van der Waals surface area contributed by atoms with Gasteiger partial charge in [-0.15, -0.1) is 0 Å². The van der Waals surface area contributed by atoms with Crippen LogP contribution in [0.4, 0.5) is 11.4 Å². The molecule has 3 rings (SSSR count). The standard InChI is InChI=1S/C13H18N4/c1-3-15(4-2)17-12-8-6-5-7-11(12)16-10-9-14-13(16)17/h5-8H,3-4,9-10H2,1-2H3. The zero-order chi connectivity index (χ0) is 11.8. The average molecular weight is 230 g/mol. The molecule has 0 atom stereocenters. The summed E-state index contributed by atoms with van der Waals surface area (Å²) in [7, 11) is 0. The minimum atomic E-state index is 0.904. The topological polar surface area (TPSA) is 22.1 Å². The summed E-state index contributed by atoms with van der Waals surface area (Å²) >= 11 is 0. The molecule has 1 aromatic carbocycles. The van der Waals surface area contributed by atoms with Crippen LogP contribution in [0.25, 0.3) is 0 Å². The molecule has 0 unspecified atom stereocenters. The maximum absolute atomic E-state index is 4.64. The summed E-state index contributed by atoms with van der Waals surface area (Å²) in [5.74, 6) is 1.09. The Bertz CT molecular complexity index is 450. The molecule has 0 aromatic heterocycles. The highest BCUT2D eigenvalue weighted by Gasteiger charge is 2.37. The van der Waals surface area contributed by atoms with Crippen LogP contribution in [0.15, 0.2) is 29.3 Å². The Morgan fingerprint density at radius 3 is 2.59 bits per heavy atom. The Hall–Kier alpha value is -1.55. The Morgan fingerprint density at radius 2 is 1.88 bits per heavy atom. The van der Waals surface area contributed by atoms with Gasteiger partial charge in [-0.1, -0.05) is 26.0 Å². The van der Waals surface area contributed by atoms with Crippen LogP contribution in [0.3, 0.4) is 0 Å². The molecule has 0 spiro atoms. The normalized spacial score (nSPS) is 17.5. The highest BCUT2D eigenvalue weighted by atomic mass is 15.7. The smallest absolute Gasteiger partial charge is 0.221 e. The molecule has 90 valence electrons. The molecule has 0 N–H and O–H groups in total. The third-order valence-corrected chi connectivity index (χ3v) is 3.42. The molecular weight excluding hydrogens is 212 g/mol. The first-order chi connectivity index (χ1) is 8.36. The summed E-state index contributed by atoms with van der Waals surface area (Å²) in [6, 6.07) is 8.55. The van der Waals surface area contributed by atoms with Gasteiger partial charge in [0.15, 0.2) is 0 Å². The number of hydrazine groups is 1. The van der Waals surface area contributed by atoms with E-state index in [0.29, 0.717) is 0 Å². The molecule has 0 amide bonds. The molecule has 2 heterocycles. The van der Waals surface area contributed by atoms with Crippen molar-refractivity contribution in [3.05, 3.63) is 24.3 Å². The van der Waals surface area contributed by atoms with Crippen LogP contribution >= 0.6 is 0 Å². The largest absolute Gasteiger partial charge is 0.307 e. The number of guanidine groups is 1. The highest BCUT2D eigenvalue weighted by molar-refractivity contribution is 6.16. The predicted molar refractivity (Wildman–Crippen MR) is 71.5 cm³/mol. The van der Waals surface area contributed by atoms with Crippen LogP contribution in [-0.2, 0) is 0 Å². The van der Waals surface area contributed by atoms with Crippen molar-refractivity contribution >= 4 is 17.3 Å². The molecule has 0 saturated carbocycles. The van der Waals surface area contributed by atoms with Gasteiger partial charge in [0.05, 0.1) is 17.9 Å². The van der Waals surface area contributed by atoms with Crippen molar-refractivity contribution in [2.75, 3.05) is 36.1 Å². The molecule has 0 radical (unpaired) electrons. The molecular formula is C13H18N4. The molecule has 0 fully saturated rings.